The Kier molecular flexibility index (Phi) is 3.84. The van der Waals surface area contributed by atoms with Gasteiger partial charge in [-0.25, -0.2) is 4.79 Å². The van der Waals surface area contributed by atoms with Crippen LogP contribution >= 0.6 is 0 Å². The molecule has 104 valence electrons. The molecule has 0 radical (unpaired) electrons. The molecular weight excluding hydrogens is 258 g/mol. The van der Waals surface area contributed by atoms with Crippen LogP contribution in [0.1, 0.15) is 33.3 Å². The zero-order valence-corrected chi connectivity index (χ0v) is 11.3. The zero-order valence-electron chi connectivity index (χ0n) is 11.3. The highest BCUT2D eigenvalue weighted by Gasteiger charge is 2.21. The fraction of sp³-hybridized carbons (Fsp3) is 0.214. The molecule has 20 heavy (non-hydrogen) atoms. The molecule has 2 aromatic rings. The number of carboxylic acids is 1. The van der Waals surface area contributed by atoms with E-state index < -0.39 is 11.9 Å². The predicted molar refractivity (Wildman–Crippen MR) is 73.9 cm³/mol. The van der Waals surface area contributed by atoms with E-state index in [9.17, 15) is 9.59 Å². The Balaban J connectivity index is 2.23. The summed E-state index contributed by atoms with van der Waals surface area (Å²) in [7, 11) is 1.53. The fourth-order valence-electron chi connectivity index (χ4n) is 1.88. The Morgan fingerprint density at radius 2 is 1.95 bits per heavy atom. The molecule has 6 heteroatoms. The first-order chi connectivity index (χ1) is 9.52. The van der Waals surface area contributed by atoms with Crippen molar-refractivity contribution >= 4 is 17.6 Å². The SMILES string of the molecule is CCc1ccc(NC(=O)c2c(C(=O)O)cnn2C)cc1. The second-order valence-electron chi connectivity index (χ2n) is 4.34. The van der Waals surface area contributed by atoms with Gasteiger partial charge in [0, 0.05) is 12.7 Å². The minimum absolute atomic E-state index is 0.0251. The number of carbonyl (C=O) groups excluding carboxylic acids is 1. The molecule has 1 heterocycles. The van der Waals surface area contributed by atoms with Gasteiger partial charge in [0.25, 0.3) is 5.91 Å². The second-order valence-corrected chi connectivity index (χ2v) is 4.34. The van der Waals surface area contributed by atoms with Crippen molar-refractivity contribution in [3.63, 3.8) is 0 Å². The Hall–Kier alpha value is -2.63. The van der Waals surface area contributed by atoms with E-state index in [0.29, 0.717) is 5.69 Å². The van der Waals surface area contributed by atoms with Crippen molar-refractivity contribution in [1.82, 2.24) is 9.78 Å². The highest BCUT2D eigenvalue weighted by Crippen LogP contribution is 2.14. The number of aromatic carboxylic acids is 1. The lowest BCUT2D eigenvalue weighted by atomic mass is 10.1. The summed E-state index contributed by atoms with van der Waals surface area (Å²) >= 11 is 0. The van der Waals surface area contributed by atoms with Crippen molar-refractivity contribution < 1.29 is 14.7 Å². The topological polar surface area (TPSA) is 84.2 Å². The molecule has 0 aliphatic rings. The summed E-state index contributed by atoms with van der Waals surface area (Å²) in [4.78, 5) is 23.2. The van der Waals surface area contributed by atoms with Crippen LogP contribution in [-0.4, -0.2) is 26.8 Å². The van der Waals surface area contributed by atoms with Crippen molar-refractivity contribution in [1.29, 1.82) is 0 Å². The molecule has 0 aliphatic carbocycles. The van der Waals surface area contributed by atoms with Crippen LogP contribution < -0.4 is 5.32 Å². The van der Waals surface area contributed by atoms with E-state index in [1.807, 2.05) is 19.1 Å². The second kappa shape index (κ2) is 5.56. The number of hydrogen-bond acceptors (Lipinski definition) is 3. The summed E-state index contributed by atoms with van der Waals surface area (Å²) in [5.74, 6) is -1.67. The lowest BCUT2D eigenvalue weighted by Crippen LogP contribution is -2.19. The van der Waals surface area contributed by atoms with Gasteiger partial charge in [-0.2, -0.15) is 5.10 Å². The number of aryl methyl sites for hydroxylation is 2. The van der Waals surface area contributed by atoms with Crippen molar-refractivity contribution in [2.75, 3.05) is 5.32 Å². The van der Waals surface area contributed by atoms with E-state index in [1.54, 1.807) is 12.1 Å². The maximum atomic E-state index is 12.1. The van der Waals surface area contributed by atoms with Gasteiger partial charge in [-0.15, -0.1) is 0 Å². The van der Waals surface area contributed by atoms with Crippen LogP contribution in [0.4, 0.5) is 5.69 Å². The molecular formula is C14H15N3O3. The number of rotatable bonds is 4. The molecule has 0 bridgehead atoms. The smallest absolute Gasteiger partial charge is 0.339 e. The summed E-state index contributed by atoms with van der Waals surface area (Å²) in [6.07, 6.45) is 2.08. The van der Waals surface area contributed by atoms with Crippen molar-refractivity contribution in [2.24, 2.45) is 7.05 Å². The van der Waals surface area contributed by atoms with E-state index in [1.165, 1.54) is 11.7 Å². The number of benzene rings is 1. The van der Waals surface area contributed by atoms with Gasteiger partial charge in [0.15, 0.2) is 0 Å². The molecule has 0 atom stereocenters. The Morgan fingerprint density at radius 3 is 2.50 bits per heavy atom. The molecule has 0 aliphatic heterocycles. The van der Waals surface area contributed by atoms with Crippen LogP contribution in [0.2, 0.25) is 0 Å². The number of amides is 1. The van der Waals surface area contributed by atoms with E-state index in [2.05, 4.69) is 10.4 Å². The standard InChI is InChI=1S/C14H15N3O3/c1-3-9-4-6-10(7-5-9)16-13(18)12-11(14(19)20)8-15-17(12)2/h4-8H,3H2,1-2H3,(H,16,18)(H,19,20). The monoisotopic (exact) mass is 273 g/mol. The van der Waals surface area contributed by atoms with E-state index in [0.717, 1.165) is 18.2 Å². The molecule has 0 saturated heterocycles. The van der Waals surface area contributed by atoms with Crippen LogP contribution in [0.5, 0.6) is 0 Å². The first-order valence-electron chi connectivity index (χ1n) is 6.18. The number of nitrogens with one attached hydrogen (secondary N) is 1. The molecule has 0 saturated carbocycles. The number of carbonyl (C=O) groups is 2. The van der Waals surface area contributed by atoms with Crippen LogP contribution in [0, 0.1) is 0 Å². The summed E-state index contributed by atoms with van der Waals surface area (Å²) in [6.45, 7) is 2.04. The van der Waals surface area contributed by atoms with Gasteiger partial charge >= 0.3 is 5.97 Å². The summed E-state index contributed by atoms with van der Waals surface area (Å²) in [5, 5.41) is 15.5. The molecule has 0 fully saturated rings. The molecule has 0 unspecified atom stereocenters. The minimum Gasteiger partial charge on any atom is -0.478 e. The first kappa shape index (κ1) is 13.8. The molecule has 2 rings (SSSR count). The van der Waals surface area contributed by atoms with Gasteiger partial charge < -0.3 is 10.4 Å². The highest BCUT2D eigenvalue weighted by molar-refractivity contribution is 6.09. The average Bonchev–Trinajstić information content (AvgIpc) is 2.81. The van der Waals surface area contributed by atoms with Gasteiger partial charge in [0.2, 0.25) is 0 Å². The molecule has 1 aromatic carbocycles. The molecule has 1 amide bonds. The largest absolute Gasteiger partial charge is 0.478 e. The van der Waals surface area contributed by atoms with Crippen LogP contribution in [-0.2, 0) is 13.5 Å². The third-order valence-electron chi connectivity index (χ3n) is 3.00. The van der Waals surface area contributed by atoms with E-state index in [4.69, 9.17) is 5.11 Å². The van der Waals surface area contributed by atoms with Crippen LogP contribution in [0.15, 0.2) is 30.5 Å². The zero-order chi connectivity index (χ0) is 14.7. The predicted octanol–water partition coefficient (Wildman–Crippen LogP) is 1.93. The summed E-state index contributed by atoms with van der Waals surface area (Å²) in [6, 6.07) is 7.40. The summed E-state index contributed by atoms with van der Waals surface area (Å²) < 4.78 is 1.25. The van der Waals surface area contributed by atoms with Crippen LogP contribution in [0.3, 0.4) is 0 Å². The maximum Gasteiger partial charge on any atom is 0.339 e. The molecule has 6 nitrogen and oxygen atoms in total. The Morgan fingerprint density at radius 1 is 1.30 bits per heavy atom. The van der Waals surface area contributed by atoms with E-state index >= 15 is 0 Å². The normalized spacial score (nSPS) is 10.3. The third kappa shape index (κ3) is 2.69. The minimum atomic E-state index is -1.18. The first-order valence-corrected chi connectivity index (χ1v) is 6.18. The number of nitrogens with zero attached hydrogens (tertiary/aromatic N) is 2. The highest BCUT2D eigenvalue weighted by atomic mass is 16.4. The van der Waals surface area contributed by atoms with Crippen molar-refractivity contribution in [2.45, 2.75) is 13.3 Å². The lowest BCUT2D eigenvalue weighted by Gasteiger charge is -2.07. The number of aromatic nitrogens is 2. The average molecular weight is 273 g/mol. The molecule has 1 aromatic heterocycles. The van der Waals surface area contributed by atoms with Gasteiger partial charge in [0.1, 0.15) is 11.3 Å². The number of hydrogen-bond donors (Lipinski definition) is 2. The maximum absolute atomic E-state index is 12.1. The van der Waals surface area contributed by atoms with Gasteiger partial charge in [0.05, 0.1) is 6.20 Å². The molecule has 0 spiro atoms. The number of anilines is 1. The number of carboxylic acid groups (broad SMARTS) is 1. The lowest BCUT2D eigenvalue weighted by molar-refractivity contribution is 0.0692. The summed E-state index contributed by atoms with van der Waals surface area (Å²) in [5.41, 5.74) is 1.69. The quantitative estimate of drug-likeness (QED) is 0.891. The van der Waals surface area contributed by atoms with Crippen molar-refractivity contribution in [3.8, 4) is 0 Å². The van der Waals surface area contributed by atoms with Crippen LogP contribution in [0.25, 0.3) is 0 Å². The van der Waals surface area contributed by atoms with Crippen molar-refractivity contribution in [3.05, 3.63) is 47.3 Å². The van der Waals surface area contributed by atoms with Gasteiger partial charge in [-0.1, -0.05) is 19.1 Å². The Bertz CT molecular complexity index is 644. The van der Waals surface area contributed by atoms with E-state index in [-0.39, 0.29) is 11.3 Å². The third-order valence-corrected chi connectivity index (χ3v) is 3.00. The fourth-order valence-corrected chi connectivity index (χ4v) is 1.88. The Labute approximate surface area is 116 Å². The van der Waals surface area contributed by atoms with Gasteiger partial charge in [-0.3, -0.25) is 9.48 Å². The van der Waals surface area contributed by atoms with Gasteiger partial charge in [-0.05, 0) is 24.1 Å². The molecule has 2 N–H and O–H groups in total.